The number of piperidine rings is 1. The topological polar surface area (TPSA) is 107 Å². The van der Waals surface area contributed by atoms with Crippen molar-refractivity contribution in [1.82, 2.24) is 4.31 Å². The summed E-state index contributed by atoms with van der Waals surface area (Å²) in [6, 6.07) is 4.28. The van der Waals surface area contributed by atoms with Crippen LogP contribution in [-0.4, -0.2) is 43.3 Å². The summed E-state index contributed by atoms with van der Waals surface area (Å²) in [6.45, 7) is 5.39. The second-order valence-electron chi connectivity index (χ2n) is 6.39. The fourth-order valence-corrected chi connectivity index (χ4v) is 4.55. The third kappa shape index (κ3) is 4.19. The van der Waals surface area contributed by atoms with Crippen molar-refractivity contribution in [2.75, 3.05) is 6.54 Å². The molecule has 1 aromatic rings. The lowest BCUT2D eigenvalue weighted by molar-refractivity contribution is -0.125. The van der Waals surface area contributed by atoms with Gasteiger partial charge in [-0.1, -0.05) is 12.5 Å². The molecule has 1 aliphatic rings. The molecule has 2 atom stereocenters. The van der Waals surface area contributed by atoms with E-state index in [1.165, 1.54) is 23.4 Å². The number of carbonyl (C=O) groups is 2. The Bertz CT molecular complexity index is 775. The summed E-state index contributed by atoms with van der Waals surface area (Å²) in [7, 11) is -3.69. The van der Waals surface area contributed by atoms with E-state index in [-0.39, 0.29) is 16.5 Å². The summed E-state index contributed by atoms with van der Waals surface area (Å²) in [5.74, 6) is -1.54. The molecule has 1 fully saturated rings. The first-order chi connectivity index (χ1) is 11.6. The predicted octanol–water partition coefficient (Wildman–Crippen LogP) is 1.59. The lowest BCUT2D eigenvalue weighted by atomic mass is 10.1. The zero-order chi connectivity index (χ0) is 18.8. The van der Waals surface area contributed by atoms with Gasteiger partial charge in [0.05, 0.1) is 10.5 Å². The van der Waals surface area contributed by atoms with E-state index in [0.717, 1.165) is 19.3 Å². The first-order valence-corrected chi connectivity index (χ1v) is 9.71. The Morgan fingerprint density at radius 3 is 2.60 bits per heavy atom. The van der Waals surface area contributed by atoms with E-state index in [9.17, 15) is 18.0 Å². The Balaban J connectivity index is 2.34. The van der Waals surface area contributed by atoms with Gasteiger partial charge in [0, 0.05) is 12.6 Å². The van der Waals surface area contributed by atoms with Gasteiger partial charge in [-0.05, 0) is 51.3 Å². The second kappa shape index (κ2) is 7.53. The van der Waals surface area contributed by atoms with Gasteiger partial charge in [-0.25, -0.2) is 13.2 Å². The van der Waals surface area contributed by atoms with Crippen molar-refractivity contribution < 1.29 is 22.7 Å². The van der Waals surface area contributed by atoms with Gasteiger partial charge < -0.3 is 10.5 Å². The average molecular weight is 368 g/mol. The Hall–Kier alpha value is -1.93. The molecule has 25 heavy (non-hydrogen) atoms. The highest BCUT2D eigenvalue weighted by molar-refractivity contribution is 7.89. The van der Waals surface area contributed by atoms with E-state index in [4.69, 9.17) is 10.5 Å². The van der Waals surface area contributed by atoms with E-state index in [0.29, 0.717) is 12.1 Å². The molecule has 1 aromatic carbocycles. The lowest BCUT2D eigenvalue weighted by Gasteiger charge is -2.32. The number of aryl methyl sites for hydroxylation is 1. The quantitative estimate of drug-likeness (QED) is 0.794. The first kappa shape index (κ1) is 19.4. The van der Waals surface area contributed by atoms with E-state index in [2.05, 4.69) is 0 Å². The molecule has 1 aliphatic heterocycles. The number of esters is 1. The van der Waals surface area contributed by atoms with E-state index in [1.807, 2.05) is 6.92 Å². The van der Waals surface area contributed by atoms with Gasteiger partial charge in [0.1, 0.15) is 0 Å². The zero-order valence-corrected chi connectivity index (χ0v) is 15.5. The zero-order valence-electron chi connectivity index (χ0n) is 14.7. The van der Waals surface area contributed by atoms with Gasteiger partial charge in [0.25, 0.3) is 5.91 Å². The third-order valence-corrected chi connectivity index (χ3v) is 6.47. The number of hydrogen-bond acceptors (Lipinski definition) is 5. The van der Waals surface area contributed by atoms with Crippen molar-refractivity contribution in [2.45, 2.75) is 57.1 Å². The van der Waals surface area contributed by atoms with E-state index >= 15 is 0 Å². The highest BCUT2D eigenvalue weighted by Crippen LogP contribution is 2.26. The van der Waals surface area contributed by atoms with Crippen molar-refractivity contribution in [2.24, 2.45) is 5.73 Å². The molecule has 0 aromatic heterocycles. The Kier molecular flexibility index (Phi) is 5.84. The number of nitrogens with zero attached hydrogens (tertiary/aromatic N) is 1. The van der Waals surface area contributed by atoms with Crippen LogP contribution in [0.2, 0.25) is 0 Å². The smallest absolute Gasteiger partial charge is 0.339 e. The molecule has 8 heteroatoms. The molecule has 0 radical (unpaired) electrons. The monoisotopic (exact) mass is 368 g/mol. The van der Waals surface area contributed by atoms with Crippen molar-refractivity contribution in [3.8, 4) is 0 Å². The molecule has 0 spiro atoms. The molecular weight excluding hydrogens is 344 g/mol. The number of carbonyl (C=O) groups excluding carboxylic acids is 2. The number of benzene rings is 1. The van der Waals surface area contributed by atoms with Crippen molar-refractivity contribution in [1.29, 1.82) is 0 Å². The van der Waals surface area contributed by atoms with Crippen molar-refractivity contribution in [3.05, 3.63) is 29.3 Å². The van der Waals surface area contributed by atoms with E-state index in [1.54, 1.807) is 13.0 Å². The predicted molar refractivity (Wildman–Crippen MR) is 92.5 cm³/mol. The van der Waals surface area contributed by atoms with Crippen molar-refractivity contribution >= 4 is 21.9 Å². The van der Waals surface area contributed by atoms with Crippen LogP contribution in [-0.2, 0) is 19.6 Å². The summed E-state index contributed by atoms with van der Waals surface area (Å²) in [5, 5.41) is 0. The third-order valence-electron chi connectivity index (χ3n) is 4.46. The number of primary amides is 1. The van der Waals surface area contributed by atoms with E-state index < -0.39 is 28.0 Å². The Labute approximate surface area is 148 Å². The summed E-state index contributed by atoms with van der Waals surface area (Å²) in [4.78, 5) is 23.4. The van der Waals surface area contributed by atoms with Crippen LogP contribution < -0.4 is 5.73 Å². The average Bonchev–Trinajstić information content (AvgIpc) is 2.54. The van der Waals surface area contributed by atoms with Gasteiger partial charge >= 0.3 is 5.97 Å². The highest BCUT2D eigenvalue weighted by atomic mass is 32.2. The maximum Gasteiger partial charge on any atom is 0.339 e. The minimum Gasteiger partial charge on any atom is -0.449 e. The first-order valence-electron chi connectivity index (χ1n) is 8.27. The summed E-state index contributed by atoms with van der Waals surface area (Å²) in [5.41, 5.74) is 5.77. The summed E-state index contributed by atoms with van der Waals surface area (Å²) < 4.78 is 32.3. The second-order valence-corrected chi connectivity index (χ2v) is 8.28. The van der Waals surface area contributed by atoms with Gasteiger partial charge in [0.2, 0.25) is 10.0 Å². The van der Waals surface area contributed by atoms with Crippen LogP contribution in [0.4, 0.5) is 0 Å². The summed E-state index contributed by atoms with van der Waals surface area (Å²) in [6.07, 6.45) is 1.55. The molecule has 2 N–H and O–H groups in total. The standard InChI is InChI=1S/C17H24N2O5S/c1-11-7-8-14(10-15(11)17(21)24-13(3)16(18)20)25(22,23)19-9-5-4-6-12(19)2/h7-8,10,12-13H,4-6,9H2,1-3H3,(H2,18,20). The molecule has 0 saturated carbocycles. The Morgan fingerprint density at radius 2 is 2.00 bits per heavy atom. The van der Waals surface area contributed by atoms with Crippen LogP contribution in [0.5, 0.6) is 0 Å². The molecule has 2 unspecified atom stereocenters. The molecule has 138 valence electrons. The highest BCUT2D eigenvalue weighted by Gasteiger charge is 2.31. The number of ether oxygens (including phenoxy) is 1. The minimum absolute atomic E-state index is 0.0468. The maximum absolute atomic E-state index is 12.9. The fraction of sp³-hybridized carbons (Fsp3) is 0.529. The van der Waals surface area contributed by atoms with Gasteiger partial charge in [-0.15, -0.1) is 0 Å². The normalized spacial score (nSPS) is 20.0. The molecular formula is C17H24N2O5S. The van der Waals surface area contributed by atoms with Crippen LogP contribution in [0.15, 0.2) is 23.1 Å². The number of sulfonamides is 1. The van der Waals surface area contributed by atoms with Gasteiger partial charge in [0.15, 0.2) is 6.10 Å². The fourth-order valence-electron chi connectivity index (χ4n) is 2.83. The summed E-state index contributed by atoms with van der Waals surface area (Å²) >= 11 is 0. The lowest BCUT2D eigenvalue weighted by Crippen LogP contribution is -2.42. The molecule has 7 nitrogen and oxygen atoms in total. The van der Waals surface area contributed by atoms with Crippen LogP contribution in [0.3, 0.4) is 0 Å². The largest absolute Gasteiger partial charge is 0.449 e. The number of hydrogen-bond donors (Lipinski definition) is 1. The van der Waals surface area contributed by atoms with Gasteiger partial charge in [-0.3, -0.25) is 4.79 Å². The molecule has 2 rings (SSSR count). The van der Waals surface area contributed by atoms with Crippen LogP contribution >= 0.6 is 0 Å². The number of nitrogens with two attached hydrogens (primary N) is 1. The molecule has 0 aliphatic carbocycles. The molecule has 1 saturated heterocycles. The van der Waals surface area contributed by atoms with Crippen LogP contribution in [0, 0.1) is 6.92 Å². The molecule has 0 bridgehead atoms. The SMILES string of the molecule is Cc1ccc(S(=O)(=O)N2CCCCC2C)cc1C(=O)OC(C)C(N)=O. The molecule has 1 amide bonds. The minimum atomic E-state index is -3.69. The molecule has 1 heterocycles. The number of amides is 1. The van der Waals surface area contributed by atoms with Crippen molar-refractivity contribution in [3.63, 3.8) is 0 Å². The Morgan fingerprint density at radius 1 is 1.32 bits per heavy atom. The maximum atomic E-state index is 12.9. The van der Waals surface area contributed by atoms with Crippen LogP contribution in [0.1, 0.15) is 49.0 Å². The van der Waals surface area contributed by atoms with Gasteiger partial charge in [-0.2, -0.15) is 4.31 Å². The van der Waals surface area contributed by atoms with Crippen LogP contribution in [0.25, 0.3) is 0 Å². The number of rotatable bonds is 5.